The molecule has 0 bridgehead atoms. The van der Waals surface area contributed by atoms with Crippen molar-refractivity contribution in [2.45, 2.75) is 103 Å². The van der Waals surface area contributed by atoms with Crippen LogP contribution >= 0.6 is 15.9 Å². The summed E-state index contributed by atoms with van der Waals surface area (Å²) in [5.74, 6) is 1.20. The Labute approximate surface area is 359 Å². The van der Waals surface area contributed by atoms with Gasteiger partial charge >= 0.3 is 0 Å². The lowest BCUT2D eigenvalue weighted by molar-refractivity contribution is 0.129. The predicted octanol–water partition coefficient (Wildman–Crippen LogP) is 7.87. The number of piperidine rings is 2. The Bertz CT molecular complexity index is 2030. The van der Waals surface area contributed by atoms with Gasteiger partial charge in [-0.3, -0.25) is 9.80 Å². The second-order valence-electron chi connectivity index (χ2n) is 17.5. The van der Waals surface area contributed by atoms with Crippen molar-refractivity contribution in [1.29, 1.82) is 0 Å². The maximum atomic E-state index is 11.8. The third-order valence-electron chi connectivity index (χ3n) is 13.1. The monoisotopic (exact) mass is 897 g/mol. The molecule has 7 rings (SSSR count). The van der Waals surface area contributed by atoms with Crippen LogP contribution in [0.1, 0.15) is 87.5 Å². The minimum absolute atomic E-state index is 0.562. The van der Waals surface area contributed by atoms with E-state index in [1.54, 1.807) is 8.61 Å². The van der Waals surface area contributed by atoms with Crippen LogP contribution < -0.4 is 5.73 Å². The van der Waals surface area contributed by atoms with Crippen molar-refractivity contribution in [3.05, 3.63) is 87.4 Å². The number of rotatable bonds is 13. The van der Waals surface area contributed by atoms with Gasteiger partial charge in [-0.2, -0.15) is 0 Å². The number of nitrogen functional groups attached to an aromatic ring is 1. The molecule has 320 valence electrons. The first-order chi connectivity index (χ1) is 27.7. The molecule has 3 aromatic rings. The minimum atomic E-state index is -3.06. The van der Waals surface area contributed by atoms with Gasteiger partial charge in [-0.25, -0.2) is 25.4 Å². The maximum absolute atomic E-state index is 11.8. The van der Waals surface area contributed by atoms with Gasteiger partial charge < -0.3 is 5.73 Å². The molecule has 2 heterocycles. The van der Waals surface area contributed by atoms with Crippen LogP contribution in [0.3, 0.4) is 0 Å². The molecule has 2 aliphatic heterocycles. The molecule has 0 spiro atoms. The Morgan fingerprint density at radius 3 is 1.55 bits per heavy atom. The van der Waals surface area contributed by atoms with E-state index in [0.717, 1.165) is 83.2 Å². The first kappa shape index (κ1) is 45.2. The standard InChI is InChI=1S/C26H37N3O2S.C20H31BrN2O2S/c1-3-13-28(19-20-11-14-29(15-12-20)32(2,30)31)26-10-9-21-7-8-23(16-24(21)18-26)22-5-4-6-25(27)17-22;1-3-10-22(15-16-8-11-23(12-9-16)26(2,24)25)20-7-5-17-4-6-19(21)13-18(17)14-20/h4-8,16-17,20,26H,3,9-15,18-19,27H2,1-2H3;4,6,13,16,20H,3,5,7-12,14-15H2,1-2H3. The number of aryl methyl sites for hydroxylation is 2. The number of anilines is 1. The summed E-state index contributed by atoms with van der Waals surface area (Å²) in [5.41, 5.74) is 15.2. The van der Waals surface area contributed by atoms with Gasteiger partial charge in [0.2, 0.25) is 20.0 Å². The van der Waals surface area contributed by atoms with Gasteiger partial charge in [-0.15, -0.1) is 0 Å². The van der Waals surface area contributed by atoms with Crippen LogP contribution in [0.25, 0.3) is 11.1 Å². The highest BCUT2D eigenvalue weighted by Crippen LogP contribution is 2.32. The van der Waals surface area contributed by atoms with E-state index in [1.165, 1.54) is 76.0 Å². The van der Waals surface area contributed by atoms with Crippen molar-refractivity contribution in [3.8, 4) is 11.1 Å². The third-order valence-corrected chi connectivity index (χ3v) is 16.2. The molecule has 0 aromatic heterocycles. The molecule has 2 fully saturated rings. The highest BCUT2D eigenvalue weighted by atomic mass is 79.9. The van der Waals surface area contributed by atoms with Crippen molar-refractivity contribution in [1.82, 2.24) is 18.4 Å². The van der Waals surface area contributed by atoms with Crippen LogP contribution in [0.15, 0.2) is 65.1 Å². The molecule has 2 saturated heterocycles. The SMILES string of the molecule is CCCN(CC1CCN(S(C)(=O)=O)CC1)C1CCc2ccc(-c3cccc(N)c3)cc2C1.CCCN(CC1CCN(S(C)(=O)=O)CC1)C1CCc2ccc(Br)cc2C1. The Morgan fingerprint density at radius 1 is 0.621 bits per heavy atom. The first-order valence-corrected chi connectivity index (χ1v) is 26.3. The lowest BCUT2D eigenvalue weighted by Gasteiger charge is -2.39. The minimum Gasteiger partial charge on any atom is -0.399 e. The van der Waals surface area contributed by atoms with E-state index in [1.807, 2.05) is 18.2 Å². The molecule has 2 aliphatic carbocycles. The van der Waals surface area contributed by atoms with E-state index in [2.05, 4.69) is 82.0 Å². The number of benzene rings is 3. The van der Waals surface area contributed by atoms with Crippen molar-refractivity contribution in [2.75, 3.05) is 70.6 Å². The Kier molecular flexibility index (Phi) is 16.0. The topological polar surface area (TPSA) is 107 Å². The van der Waals surface area contributed by atoms with Crippen LogP contribution in [0.2, 0.25) is 0 Å². The summed E-state index contributed by atoms with van der Waals surface area (Å²) in [6.07, 6.45) is 15.8. The summed E-state index contributed by atoms with van der Waals surface area (Å²) >= 11 is 3.61. The van der Waals surface area contributed by atoms with Gasteiger partial charge in [0.15, 0.2) is 0 Å². The van der Waals surface area contributed by atoms with Gasteiger partial charge in [0.25, 0.3) is 0 Å². The highest BCUT2D eigenvalue weighted by Gasteiger charge is 2.31. The Morgan fingerprint density at radius 2 is 1.09 bits per heavy atom. The quantitative estimate of drug-likeness (QED) is 0.174. The van der Waals surface area contributed by atoms with E-state index >= 15 is 0 Å². The predicted molar refractivity (Wildman–Crippen MR) is 244 cm³/mol. The fourth-order valence-corrected chi connectivity index (χ4v) is 12.1. The van der Waals surface area contributed by atoms with Gasteiger partial charge in [0.05, 0.1) is 12.5 Å². The third kappa shape index (κ3) is 12.4. The molecule has 2 N–H and O–H groups in total. The molecular weight excluding hydrogens is 831 g/mol. The summed E-state index contributed by atoms with van der Waals surface area (Å²) in [6, 6.07) is 22.9. The summed E-state index contributed by atoms with van der Waals surface area (Å²) < 4.78 is 51.6. The van der Waals surface area contributed by atoms with Crippen LogP contribution in [-0.2, 0) is 45.7 Å². The van der Waals surface area contributed by atoms with Crippen molar-refractivity contribution in [2.24, 2.45) is 11.8 Å². The average Bonchev–Trinajstić information content (AvgIpc) is 3.20. The summed E-state index contributed by atoms with van der Waals surface area (Å²) in [7, 11) is -6.09. The van der Waals surface area contributed by atoms with Gasteiger partial charge in [0.1, 0.15) is 0 Å². The Balaban J connectivity index is 0.000000200. The molecule has 2 atom stereocenters. The number of sulfonamides is 2. The molecule has 12 heteroatoms. The van der Waals surface area contributed by atoms with Crippen molar-refractivity contribution < 1.29 is 16.8 Å². The second-order valence-corrected chi connectivity index (χ2v) is 22.4. The fraction of sp³-hybridized carbons (Fsp3) is 0.609. The number of nitrogens with two attached hydrogens (primary N) is 1. The van der Waals surface area contributed by atoms with Gasteiger partial charge in [-0.1, -0.05) is 66.2 Å². The van der Waals surface area contributed by atoms with Gasteiger partial charge in [-0.05, 0) is 160 Å². The van der Waals surface area contributed by atoms with Crippen LogP contribution in [0.5, 0.6) is 0 Å². The Hall–Kier alpha value is -2.32. The van der Waals surface area contributed by atoms with E-state index < -0.39 is 20.0 Å². The molecule has 4 aliphatic rings. The molecule has 0 saturated carbocycles. The van der Waals surface area contributed by atoms with Crippen LogP contribution in [0.4, 0.5) is 5.69 Å². The van der Waals surface area contributed by atoms with Gasteiger partial charge in [0, 0.05) is 61.5 Å². The molecular formula is C46H68BrN5O4S2. The number of nitrogens with zero attached hydrogens (tertiary/aromatic N) is 4. The van der Waals surface area contributed by atoms with Crippen molar-refractivity contribution >= 4 is 41.7 Å². The average molecular weight is 899 g/mol. The molecule has 3 aromatic carbocycles. The fourth-order valence-electron chi connectivity index (χ4n) is 9.90. The molecule has 2 unspecified atom stereocenters. The summed E-state index contributed by atoms with van der Waals surface area (Å²) in [4.78, 5) is 5.38. The lowest BCUT2D eigenvalue weighted by Crippen LogP contribution is -2.45. The summed E-state index contributed by atoms with van der Waals surface area (Å²) in [5, 5.41) is 0. The summed E-state index contributed by atoms with van der Waals surface area (Å²) in [6.45, 7) is 11.7. The van der Waals surface area contributed by atoms with E-state index in [9.17, 15) is 16.8 Å². The van der Waals surface area contributed by atoms with Crippen molar-refractivity contribution in [3.63, 3.8) is 0 Å². The van der Waals surface area contributed by atoms with E-state index in [-0.39, 0.29) is 0 Å². The number of hydrogen-bond donors (Lipinski definition) is 1. The number of halogens is 1. The largest absolute Gasteiger partial charge is 0.399 e. The maximum Gasteiger partial charge on any atom is 0.211 e. The second kappa shape index (κ2) is 20.5. The number of fused-ring (bicyclic) bond motifs is 2. The smallest absolute Gasteiger partial charge is 0.211 e. The normalized spacial score (nSPS) is 21.4. The zero-order valence-corrected chi connectivity index (χ0v) is 38.6. The zero-order valence-electron chi connectivity index (χ0n) is 35.4. The van der Waals surface area contributed by atoms with Crippen LogP contribution in [-0.4, -0.2) is 112 Å². The first-order valence-electron chi connectivity index (χ1n) is 21.8. The van der Waals surface area contributed by atoms with E-state index in [4.69, 9.17) is 5.73 Å². The van der Waals surface area contributed by atoms with E-state index in [0.29, 0.717) is 50.1 Å². The number of hydrogen-bond acceptors (Lipinski definition) is 7. The molecule has 0 radical (unpaired) electrons. The molecule has 58 heavy (non-hydrogen) atoms. The van der Waals surface area contributed by atoms with Crippen LogP contribution in [0, 0.1) is 11.8 Å². The highest BCUT2D eigenvalue weighted by molar-refractivity contribution is 9.10. The zero-order chi connectivity index (χ0) is 41.5. The lowest BCUT2D eigenvalue weighted by atomic mass is 9.85. The molecule has 0 amide bonds. The molecule has 9 nitrogen and oxygen atoms in total.